The van der Waals surface area contributed by atoms with Crippen molar-refractivity contribution in [1.82, 2.24) is 14.7 Å². The van der Waals surface area contributed by atoms with Gasteiger partial charge in [0.2, 0.25) is 11.8 Å². The van der Waals surface area contributed by atoms with Gasteiger partial charge < -0.3 is 14.7 Å². The number of halogens is 1. The van der Waals surface area contributed by atoms with Crippen LogP contribution in [-0.4, -0.2) is 70.7 Å². The summed E-state index contributed by atoms with van der Waals surface area (Å²) < 4.78 is 0. The Morgan fingerprint density at radius 3 is 2.32 bits per heavy atom. The summed E-state index contributed by atoms with van der Waals surface area (Å²) >= 11 is 5.93. The van der Waals surface area contributed by atoms with Crippen LogP contribution < -0.4 is 0 Å². The maximum atomic E-state index is 13.0. The fourth-order valence-corrected chi connectivity index (χ4v) is 5.58. The van der Waals surface area contributed by atoms with Crippen LogP contribution in [0.5, 0.6) is 0 Å². The predicted molar refractivity (Wildman–Crippen MR) is 106 cm³/mol. The molecule has 1 spiro atoms. The van der Waals surface area contributed by atoms with Gasteiger partial charge in [0, 0.05) is 56.2 Å². The molecule has 6 nitrogen and oxygen atoms in total. The van der Waals surface area contributed by atoms with E-state index >= 15 is 0 Å². The molecule has 1 aromatic carbocycles. The lowest BCUT2D eigenvalue weighted by Crippen LogP contribution is -2.58. The maximum Gasteiger partial charge on any atom is 0.253 e. The molecule has 0 unspecified atom stereocenters. The first-order chi connectivity index (χ1) is 13.4. The number of rotatable bonds is 2. The van der Waals surface area contributed by atoms with Crippen molar-refractivity contribution in [2.24, 2.45) is 11.8 Å². The zero-order valence-electron chi connectivity index (χ0n) is 16.4. The fraction of sp³-hybridized carbons (Fsp3) is 0.571. The minimum absolute atomic E-state index is 0.00669. The Balaban J connectivity index is 1.53. The van der Waals surface area contributed by atoms with E-state index in [-0.39, 0.29) is 35.1 Å². The van der Waals surface area contributed by atoms with Crippen LogP contribution in [0.25, 0.3) is 0 Å². The van der Waals surface area contributed by atoms with Gasteiger partial charge >= 0.3 is 0 Å². The van der Waals surface area contributed by atoms with Gasteiger partial charge in [-0.15, -0.1) is 0 Å². The molecule has 0 N–H and O–H groups in total. The minimum Gasteiger partial charge on any atom is -0.342 e. The minimum atomic E-state index is -0.239. The van der Waals surface area contributed by atoms with Gasteiger partial charge in [0.15, 0.2) is 0 Å². The van der Waals surface area contributed by atoms with Crippen molar-refractivity contribution in [2.75, 3.05) is 32.7 Å². The number of amides is 3. The van der Waals surface area contributed by atoms with Crippen LogP contribution in [0.3, 0.4) is 0 Å². The molecular weight excluding hydrogens is 378 g/mol. The predicted octanol–water partition coefficient (Wildman–Crippen LogP) is 2.27. The lowest BCUT2D eigenvalue weighted by atomic mass is 9.74. The van der Waals surface area contributed by atoms with Crippen LogP contribution in [0.15, 0.2) is 24.3 Å². The van der Waals surface area contributed by atoms with Crippen LogP contribution in [-0.2, 0) is 9.59 Å². The molecular formula is C21H26ClN3O3. The van der Waals surface area contributed by atoms with Crippen molar-refractivity contribution < 1.29 is 14.4 Å². The molecule has 1 aromatic rings. The van der Waals surface area contributed by atoms with Crippen LogP contribution in [0.2, 0.25) is 5.02 Å². The van der Waals surface area contributed by atoms with E-state index in [1.165, 1.54) is 0 Å². The van der Waals surface area contributed by atoms with Crippen molar-refractivity contribution in [3.8, 4) is 0 Å². The van der Waals surface area contributed by atoms with Gasteiger partial charge in [-0.3, -0.25) is 14.4 Å². The molecule has 3 saturated heterocycles. The smallest absolute Gasteiger partial charge is 0.253 e. The summed E-state index contributed by atoms with van der Waals surface area (Å²) in [5, 5.41) is 0.611. The Kier molecular flexibility index (Phi) is 4.86. The van der Waals surface area contributed by atoms with Gasteiger partial charge in [0.25, 0.3) is 5.91 Å². The highest BCUT2D eigenvalue weighted by molar-refractivity contribution is 6.30. The third kappa shape index (κ3) is 2.89. The Bertz CT molecular complexity index is 802. The van der Waals surface area contributed by atoms with E-state index in [4.69, 9.17) is 11.6 Å². The van der Waals surface area contributed by atoms with E-state index in [1.54, 1.807) is 31.2 Å². The van der Waals surface area contributed by atoms with Crippen molar-refractivity contribution in [1.29, 1.82) is 0 Å². The van der Waals surface area contributed by atoms with Gasteiger partial charge in [-0.1, -0.05) is 11.6 Å². The van der Waals surface area contributed by atoms with E-state index in [2.05, 4.69) is 0 Å². The van der Waals surface area contributed by atoms with E-state index < -0.39 is 0 Å². The fourth-order valence-electron chi connectivity index (χ4n) is 5.46. The zero-order valence-corrected chi connectivity index (χ0v) is 17.1. The van der Waals surface area contributed by atoms with Crippen molar-refractivity contribution >= 4 is 29.3 Å². The standard InChI is InChI=1S/C21H26ClN3O3/c1-3-25-20(28)17-12-24(14(2)26)13-18(17)21(25)8-10-23(11-9-21)19(27)15-4-6-16(22)7-5-15/h4-7,17-18H,3,8-13H2,1-2H3/t17-,18+/m1/s1. The Hall–Kier alpha value is -2.08. The molecule has 0 saturated carbocycles. The lowest BCUT2D eigenvalue weighted by molar-refractivity contribution is -0.136. The summed E-state index contributed by atoms with van der Waals surface area (Å²) in [6, 6.07) is 6.97. The second-order valence-corrected chi connectivity index (χ2v) is 8.56. The normalized spacial score (nSPS) is 26.1. The highest BCUT2D eigenvalue weighted by atomic mass is 35.5. The summed E-state index contributed by atoms with van der Waals surface area (Å²) in [7, 11) is 0. The van der Waals surface area contributed by atoms with Crippen LogP contribution in [0.4, 0.5) is 0 Å². The third-order valence-electron chi connectivity index (χ3n) is 6.90. The van der Waals surface area contributed by atoms with E-state index in [1.807, 2.05) is 21.6 Å². The summed E-state index contributed by atoms with van der Waals surface area (Å²) in [4.78, 5) is 43.5. The largest absolute Gasteiger partial charge is 0.342 e. The average Bonchev–Trinajstić information content (AvgIpc) is 3.22. The second kappa shape index (κ2) is 7.07. The van der Waals surface area contributed by atoms with Gasteiger partial charge in [-0.05, 0) is 44.0 Å². The Labute approximate surface area is 170 Å². The molecule has 150 valence electrons. The number of fused-ring (bicyclic) bond motifs is 2. The molecule has 3 fully saturated rings. The van der Waals surface area contributed by atoms with Crippen LogP contribution in [0.1, 0.15) is 37.0 Å². The number of hydrogen-bond acceptors (Lipinski definition) is 3. The van der Waals surface area contributed by atoms with Gasteiger partial charge in [-0.2, -0.15) is 0 Å². The molecule has 3 heterocycles. The molecule has 7 heteroatoms. The maximum absolute atomic E-state index is 13.0. The average molecular weight is 404 g/mol. The monoisotopic (exact) mass is 403 g/mol. The number of carbonyl (C=O) groups is 3. The molecule has 4 rings (SSSR count). The van der Waals surface area contributed by atoms with E-state index in [9.17, 15) is 14.4 Å². The number of carbonyl (C=O) groups excluding carboxylic acids is 3. The third-order valence-corrected chi connectivity index (χ3v) is 7.15. The van der Waals surface area contributed by atoms with E-state index in [0.29, 0.717) is 43.3 Å². The molecule has 28 heavy (non-hydrogen) atoms. The number of hydrogen-bond donors (Lipinski definition) is 0. The Morgan fingerprint density at radius 2 is 1.75 bits per heavy atom. The first kappa shape index (κ1) is 19.2. The topological polar surface area (TPSA) is 60.9 Å². The first-order valence-electron chi connectivity index (χ1n) is 9.99. The van der Waals surface area contributed by atoms with E-state index in [0.717, 1.165) is 12.8 Å². The SMILES string of the molecule is CCN1C(=O)[C@@H]2CN(C(C)=O)C[C@@H]2C12CCN(C(=O)c1ccc(Cl)cc1)CC2. The van der Waals surface area contributed by atoms with Crippen molar-refractivity contribution in [3.05, 3.63) is 34.9 Å². The summed E-state index contributed by atoms with van der Waals surface area (Å²) in [6.45, 7) is 6.69. The van der Waals surface area contributed by atoms with Crippen LogP contribution >= 0.6 is 11.6 Å². The quantitative estimate of drug-likeness (QED) is 0.761. The molecule has 0 aromatic heterocycles. The molecule has 3 aliphatic heterocycles. The summed E-state index contributed by atoms with van der Waals surface area (Å²) in [5.74, 6) is 0.288. The summed E-state index contributed by atoms with van der Waals surface area (Å²) in [6.07, 6.45) is 1.53. The number of piperidine rings is 1. The number of benzene rings is 1. The number of nitrogens with zero attached hydrogens (tertiary/aromatic N) is 3. The molecule has 0 aliphatic carbocycles. The Morgan fingerprint density at radius 1 is 1.11 bits per heavy atom. The highest BCUT2D eigenvalue weighted by Crippen LogP contribution is 2.49. The zero-order chi connectivity index (χ0) is 20.1. The van der Waals surface area contributed by atoms with Gasteiger partial charge in [0.1, 0.15) is 0 Å². The van der Waals surface area contributed by atoms with Crippen molar-refractivity contribution in [2.45, 2.75) is 32.2 Å². The molecule has 3 aliphatic rings. The lowest BCUT2D eigenvalue weighted by Gasteiger charge is -2.47. The molecule has 0 bridgehead atoms. The van der Waals surface area contributed by atoms with Gasteiger partial charge in [-0.25, -0.2) is 0 Å². The molecule has 0 radical (unpaired) electrons. The molecule has 3 amide bonds. The van der Waals surface area contributed by atoms with Crippen LogP contribution in [0, 0.1) is 11.8 Å². The second-order valence-electron chi connectivity index (χ2n) is 8.12. The number of likely N-dealkylation sites (tertiary alicyclic amines) is 3. The van der Waals surface area contributed by atoms with Crippen molar-refractivity contribution in [3.63, 3.8) is 0 Å². The molecule has 2 atom stereocenters. The first-order valence-corrected chi connectivity index (χ1v) is 10.4. The van der Waals surface area contributed by atoms with Gasteiger partial charge in [0.05, 0.1) is 11.5 Å². The highest BCUT2D eigenvalue weighted by Gasteiger charge is 2.61. The summed E-state index contributed by atoms with van der Waals surface area (Å²) in [5.41, 5.74) is 0.397.